The molecule has 0 unspecified atom stereocenters. The van der Waals surface area contributed by atoms with E-state index in [1.54, 1.807) is 26.0 Å². The zero-order valence-electron chi connectivity index (χ0n) is 9.36. The summed E-state index contributed by atoms with van der Waals surface area (Å²) >= 11 is 0. The van der Waals surface area contributed by atoms with Crippen LogP contribution in [-0.4, -0.2) is 17.6 Å². The number of amides is 1. The molecule has 0 saturated heterocycles. The smallest absolute Gasteiger partial charge is 0.231 e. The van der Waals surface area contributed by atoms with Crippen molar-refractivity contribution in [3.63, 3.8) is 0 Å². The molecule has 0 aliphatic carbocycles. The highest BCUT2D eigenvalue weighted by Crippen LogP contribution is 2.18. The quantitative estimate of drug-likeness (QED) is 0.709. The summed E-state index contributed by atoms with van der Waals surface area (Å²) in [5.74, 6) is 0.0433. The minimum absolute atomic E-state index is 0. The van der Waals surface area contributed by atoms with Crippen LogP contribution < -0.4 is 11.1 Å². The summed E-state index contributed by atoms with van der Waals surface area (Å²) in [5, 5.41) is 11.8. The molecule has 16 heavy (non-hydrogen) atoms. The fourth-order valence-electron chi connectivity index (χ4n) is 0.938. The summed E-state index contributed by atoms with van der Waals surface area (Å²) in [6, 6.07) is 6.32. The van der Waals surface area contributed by atoms with Crippen molar-refractivity contribution in [3.8, 4) is 5.75 Å². The Balaban J connectivity index is 0.00000225. The van der Waals surface area contributed by atoms with Crippen molar-refractivity contribution in [2.45, 2.75) is 13.8 Å². The molecule has 0 heterocycles. The summed E-state index contributed by atoms with van der Waals surface area (Å²) in [6.07, 6.45) is 0. The fourth-order valence-corrected chi connectivity index (χ4v) is 0.938. The molecule has 0 atom stereocenters. The van der Waals surface area contributed by atoms with Gasteiger partial charge in [0.1, 0.15) is 5.75 Å². The van der Waals surface area contributed by atoms with Gasteiger partial charge in [0.2, 0.25) is 5.91 Å². The molecule has 0 aromatic heterocycles. The number of rotatable bonds is 3. The fraction of sp³-hybridized carbons (Fsp3) is 0.364. The maximum atomic E-state index is 11.7. The lowest BCUT2D eigenvalue weighted by Crippen LogP contribution is -2.37. The zero-order valence-corrected chi connectivity index (χ0v) is 10.2. The van der Waals surface area contributed by atoms with Crippen LogP contribution in [-0.2, 0) is 4.79 Å². The third-order valence-electron chi connectivity index (χ3n) is 2.25. The van der Waals surface area contributed by atoms with E-state index in [1.165, 1.54) is 12.1 Å². The van der Waals surface area contributed by atoms with E-state index >= 15 is 0 Å². The molecule has 1 aromatic rings. The Morgan fingerprint density at radius 2 is 1.88 bits per heavy atom. The summed E-state index contributed by atoms with van der Waals surface area (Å²) in [6.45, 7) is 3.85. The number of halogens is 1. The van der Waals surface area contributed by atoms with Crippen molar-refractivity contribution in [2.24, 2.45) is 11.1 Å². The van der Waals surface area contributed by atoms with E-state index in [0.717, 1.165) is 0 Å². The first-order valence-electron chi connectivity index (χ1n) is 4.76. The van der Waals surface area contributed by atoms with E-state index in [1.807, 2.05) is 0 Å². The monoisotopic (exact) mass is 244 g/mol. The van der Waals surface area contributed by atoms with Crippen molar-refractivity contribution in [1.82, 2.24) is 0 Å². The van der Waals surface area contributed by atoms with Crippen molar-refractivity contribution in [3.05, 3.63) is 24.3 Å². The van der Waals surface area contributed by atoms with Crippen molar-refractivity contribution in [1.29, 1.82) is 0 Å². The van der Waals surface area contributed by atoms with Crippen LogP contribution in [0.4, 0.5) is 5.69 Å². The summed E-state index contributed by atoms with van der Waals surface area (Å²) in [7, 11) is 0. The summed E-state index contributed by atoms with van der Waals surface area (Å²) in [4.78, 5) is 11.7. The molecule has 90 valence electrons. The van der Waals surface area contributed by atoms with Gasteiger partial charge in [0, 0.05) is 12.2 Å². The molecule has 5 heteroatoms. The van der Waals surface area contributed by atoms with Crippen LogP contribution in [0, 0.1) is 5.41 Å². The van der Waals surface area contributed by atoms with Gasteiger partial charge in [0.05, 0.1) is 5.41 Å². The molecule has 1 aromatic carbocycles. The number of nitrogens with two attached hydrogens (primary N) is 1. The van der Waals surface area contributed by atoms with Crippen molar-refractivity contribution < 1.29 is 9.90 Å². The molecule has 1 rings (SSSR count). The highest BCUT2D eigenvalue weighted by atomic mass is 35.5. The molecule has 0 aliphatic heterocycles. The number of anilines is 1. The van der Waals surface area contributed by atoms with E-state index < -0.39 is 5.41 Å². The van der Waals surface area contributed by atoms with Crippen LogP contribution in [0.5, 0.6) is 5.75 Å². The van der Waals surface area contributed by atoms with Gasteiger partial charge in [-0.15, -0.1) is 12.4 Å². The highest BCUT2D eigenvalue weighted by molar-refractivity contribution is 5.94. The third-order valence-corrected chi connectivity index (χ3v) is 2.25. The molecule has 4 nitrogen and oxygen atoms in total. The average molecular weight is 245 g/mol. The number of benzene rings is 1. The number of nitrogens with one attached hydrogen (secondary N) is 1. The number of hydrogen-bond donors (Lipinski definition) is 3. The van der Waals surface area contributed by atoms with Crippen LogP contribution in [0.1, 0.15) is 13.8 Å². The lowest BCUT2D eigenvalue weighted by atomic mass is 9.92. The molecule has 1 amide bonds. The SMILES string of the molecule is CC(C)(CN)C(=O)Nc1ccc(O)cc1.Cl. The Morgan fingerprint density at radius 1 is 1.38 bits per heavy atom. The van der Waals surface area contributed by atoms with Crippen LogP contribution in [0.3, 0.4) is 0 Å². The largest absolute Gasteiger partial charge is 0.508 e. The number of phenolic OH excluding ortho intramolecular Hbond substituents is 1. The number of aromatic hydroxyl groups is 1. The van der Waals surface area contributed by atoms with Gasteiger partial charge in [-0.1, -0.05) is 0 Å². The maximum Gasteiger partial charge on any atom is 0.231 e. The first kappa shape index (κ1) is 14.7. The van der Waals surface area contributed by atoms with Gasteiger partial charge in [-0.25, -0.2) is 0 Å². The van der Waals surface area contributed by atoms with Gasteiger partial charge in [0.25, 0.3) is 0 Å². The van der Waals surface area contributed by atoms with Crippen LogP contribution in [0.25, 0.3) is 0 Å². The van der Waals surface area contributed by atoms with Gasteiger partial charge in [-0.3, -0.25) is 4.79 Å². The third kappa shape index (κ3) is 3.72. The molecule has 0 bridgehead atoms. The topological polar surface area (TPSA) is 75.4 Å². The predicted molar refractivity (Wildman–Crippen MR) is 66.8 cm³/mol. The Hall–Kier alpha value is -1.26. The minimum atomic E-state index is -0.585. The number of carbonyl (C=O) groups excluding carboxylic acids is 1. The predicted octanol–water partition coefficient (Wildman–Crippen LogP) is 1.74. The van der Waals surface area contributed by atoms with E-state index in [4.69, 9.17) is 10.8 Å². The molecule has 0 fully saturated rings. The first-order valence-corrected chi connectivity index (χ1v) is 4.76. The molecular formula is C11H17ClN2O2. The molecule has 4 N–H and O–H groups in total. The van der Waals surface area contributed by atoms with E-state index in [0.29, 0.717) is 5.69 Å². The standard InChI is InChI=1S/C11H16N2O2.ClH/c1-11(2,7-12)10(15)13-8-3-5-9(14)6-4-8;/h3-6,14H,7,12H2,1-2H3,(H,13,15);1H. The van der Waals surface area contributed by atoms with Gasteiger partial charge >= 0.3 is 0 Å². The second-order valence-electron chi connectivity index (χ2n) is 4.09. The molecule has 0 spiro atoms. The Labute approximate surface area is 101 Å². The summed E-state index contributed by atoms with van der Waals surface area (Å²) in [5.41, 5.74) is 5.55. The van der Waals surface area contributed by atoms with Crippen molar-refractivity contribution in [2.75, 3.05) is 11.9 Å². The van der Waals surface area contributed by atoms with Crippen LogP contribution in [0.15, 0.2) is 24.3 Å². The first-order chi connectivity index (χ1) is 6.95. The number of carbonyl (C=O) groups is 1. The van der Waals surface area contributed by atoms with Gasteiger partial charge in [-0.2, -0.15) is 0 Å². The lowest BCUT2D eigenvalue weighted by molar-refractivity contribution is -0.123. The van der Waals surface area contributed by atoms with Crippen LogP contribution in [0.2, 0.25) is 0 Å². The number of phenols is 1. The number of hydrogen-bond acceptors (Lipinski definition) is 3. The maximum absolute atomic E-state index is 11.7. The Kier molecular flexibility index (Phi) is 5.27. The highest BCUT2D eigenvalue weighted by Gasteiger charge is 2.25. The molecular weight excluding hydrogens is 228 g/mol. The normalized spacial score (nSPS) is 10.4. The average Bonchev–Trinajstić information content (AvgIpc) is 2.21. The van der Waals surface area contributed by atoms with Gasteiger partial charge in [-0.05, 0) is 38.1 Å². The Morgan fingerprint density at radius 3 is 2.31 bits per heavy atom. The Bertz CT molecular complexity index is 350. The summed E-state index contributed by atoms with van der Waals surface area (Å²) < 4.78 is 0. The molecule has 0 aliphatic rings. The second-order valence-corrected chi connectivity index (χ2v) is 4.09. The minimum Gasteiger partial charge on any atom is -0.508 e. The van der Waals surface area contributed by atoms with Gasteiger partial charge < -0.3 is 16.2 Å². The van der Waals surface area contributed by atoms with E-state index in [-0.39, 0.29) is 30.6 Å². The van der Waals surface area contributed by atoms with E-state index in [2.05, 4.69) is 5.32 Å². The zero-order chi connectivity index (χ0) is 11.5. The van der Waals surface area contributed by atoms with Crippen molar-refractivity contribution >= 4 is 24.0 Å². The van der Waals surface area contributed by atoms with Gasteiger partial charge in [0.15, 0.2) is 0 Å². The molecule has 0 saturated carbocycles. The lowest BCUT2D eigenvalue weighted by Gasteiger charge is -2.21. The second kappa shape index (κ2) is 5.72. The van der Waals surface area contributed by atoms with E-state index in [9.17, 15) is 4.79 Å². The van der Waals surface area contributed by atoms with Crippen LogP contribution >= 0.6 is 12.4 Å². The molecule has 0 radical (unpaired) electrons.